The van der Waals surface area contributed by atoms with Gasteiger partial charge in [0.1, 0.15) is 0 Å². The number of hydrogen-bond donors (Lipinski definition) is 1. The molecule has 1 aliphatic carbocycles. The Balaban J connectivity index is 1.10. The third-order valence-electron chi connectivity index (χ3n) is 7.25. The molecule has 164 valence electrons. The summed E-state index contributed by atoms with van der Waals surface area (Å²) in [7, 11) is 0. The zero-order valence-electron chi connectivity index (χ0n) is 18.3. The van der Waals surface area contributed by atoms with E-state index in [0.29, 0.717) is 5.92 Å². The lowest BCUT2D eigenvalue weighted by atomic mass is 9.78. The molecule has 2 heterocycles. The summed E-state index contributed by atoms with van der Waals surface area (Å²) in [6.07, 6.45) is 3.91. The van der Waals surface area contributed by atoms with E-state index in [9.17, 15) is 9.59 Å². The fourth-order valence-corrected chi connectivity index (χ4v) is 5.10. The molecule has 1 N–H and O–H groups in total. The summed E-state index contributed by atoms with van der Waals surface area (Å²) in [6, 6.07) is 20.3. The highest BCUT2D eigenvalue weighted by Gasteiger charge is 2.45. The molecule has 2 aromatic rings. The summed E-state index contributed by atoms with van der Waals surface area (Å²) < 4.78 is 0. The van der Waals surface area contributed by atoms with Crippen LogP contribution in [0.5, 0.6) is 0 Å². The molecule has 3 amide bonds. The lowest BCUT2D eigenvalue weighted by molar-refractivity contribution is -0.127. The van der Waals surface area contributed by atoms with Crippen LogP contribution >= 0.6 is 0 Å². The van der Waals surface area contributed by atoms with Crippen molar-refractivity contribution in [1.82, 2.24) is 15.1 Å². The van der Waals surface area contributed by atoms with Gasteiger partial charge in [-0.2, -0.15) is 0 Å². The molecule has 0 aromatic heterocycles. The lowest BCUT2D eigenvalue weighted by Crippen LogP contribution is -2.45. The van der Waals surface area contributed by atoms with Crippen LogP contribution in [0.2, 0.25) is 0 Å². The number of nitrogens with zero attached hydrogens (tertiary/aromatic N) is 2. The average molecular weight is 428 g/mol. The van der Waals surface area contributed by atoms with Crippen LogP contribution in [0, 0.1) is 17.3 Å². The molecule has 3 aliphatic rings. The summed E-state index contributed by atoms with van der Waals surface area (Å²) in [4.78, 5) is 29.2. The largest absolute Gasteiger partial charge is 0.335 e. The second-order valence-electron chi connectivity index (χ2n) is 9.39. The van der Waals surface area contributed by atoms with Crippen LogP contribution in [-0.4, -0.2) is 54.0 Å². The molecule has 3 fully saturated rings. The molecule has 2 saturated heterocycles. The number of urea groups is 1. The minimum Gasteiger partial charge on any atom is -0.335 e. The number of amides is 3. The molecular weight excluding hydrogens is 398 g/mol. The van der Waals surface area contributed by atoms with Crippen molar-refractivity contribution in [3.63, 3.8) is 0 Å². The first-order valence-corrected chi connectivity index (χ1v) is 11.6. The highest BCUT2D eigenvalue weighted by molar-refractivity contribution is 5.94. The van der Waals surface area contributed by atoms with Crippen molar-refractivity contribution in [2.45, 2.75) is 37.6 Å². The molecule has 2 aromatic carbocycles. The van der Waals surface area contributed by atoms with Gasteiger partial charge in [0.2, 0.25) is 0 Å². The zero-order chi connectivity index (χ0) is 22.0. The van der Waals surface area contributed by atoms with Gasteiger partial charge in [0, 0.05) is 49.6 Å². The van der Waals surface area contributed by atoms with E-state index in [4.69, 9.17) is 0 Å². The average Bonchev–Trinajstić information content (AvgIpc) is 3.49. The van der Waals surface area contributed by atoms with Crippen LogP contribution in [-0.2, 0) is 4.79 Å². The Kier molecular flexibility index (Phi) is 5.61. The third kappa shape index (κ3) is 4.50. The molecule has 0 bridgehead atoms. The Hall–Kier alpha value is -3.26. The first-order chi connectivity index (χ1) is 15.6. The normalized spacial score (nSPS) is 23.4. The van der Waals surface area contributed by atoms with Crippen LogP contribution in [0.3, 0.4) is 0 Å². The van der Waals surface area contributed by atoms with Gasteiger partial charge in [0.15, 0.2) is 0 Å². The van der Waals surface area contributed by atoms with Crippen molar-refractivity contribution < 1.29 is 9.59 Å². The third-order valence-corrected chi connectivity index (χ3v) is 7.25. The first-order valence-electron chi connectivity index (χ1n) is 11.6. The van der Waals surface area contributed by atoms with E-state index in [-0.39, 0.29) is 23.4 Å². The van der Waals surface area contributed by atoms with Crippen LogP contribution in [0.25, 0.3) is 0 Å². The maximum absolute atomic E-state index is 12.8. The number of nitrogens with one attached hydrogen (secondary N) is 1. The van der Waals surface area contributed by atoms with Gasteiger partial charge < -0.3 is 15.1 Å². The Bertz CT molecular complexity index is 1030. The van der Waals surface area contributed by atoms with Crippen molar-refractivity contribution in [3.05, 3.63) is 71.8 Å². The molecule has 1 saturated carbocycles. The molecule has 2 aliphatic heterocycles. The number of piperidine rings is 1. The second-order valence-corrected chi connectivity index (χ2v) is 9.39. The summed E-state index contributed by atoms with van der Waals surface area (Å²) in [5, 5.41) is 3.23. The van der Waals surface area contributed by atoms with Crippen LogP contribution in [0.1, 0.15) is 42.7 Å². The summed E-state index contributed by atoms with van der Waals surface area (Å²) in [5.41, 5.74) is 2.31. The maximum Gasteiger partial charge on any atom is 0.317 e. The van der Waals surface area contributed by atoms with E-state index in [2.05, 4.69) is 41.4 Å². The topological polar surface area (TPSA) is 52.7 Å². The number of carbonyl (C=O) groups is 2. The molecule has 5 nitrogen and oxygen atoms in total. The van der Waals surface area contributed by atoms with Crippen LogP contribution in [0.15, 0.2) is 60.7 Å². The molecule has 5 rings (SSSR count). The fourth-order valence-electron chi connectivity index (χ4n) is 5.10. The maximum atomic E-state index is 12.8. The highest BCUT2D eigenvalue weighted by Crippen LogP contribution is 2.42. The molecule has 2 unspecified atom stereocenters. The van der Waals surface area contributed by atoms with Crippen molar-refractivity contribution in [3.8, 4) is 11.8 Å². The van der Waals surface area contributed by atoms with E-state index >= 15 is 0 Å². The van der Waals surface area contributed by atoms with Crippen molar-refractivity contribution in [2.75, 3.05) is 26.2 Å². The Labute approximate surface area is 189 Å². The molecule has 32 heavy (non-hydrogen) atoms. The van der Waals surface area contributed by atoms with E-state index in [1.807, 2.05) is 46.2 Å². The van der Waals surface area contributed by atoms with Gasteiger partial charge in [-0.1, -0.05) is 54.5 Å². The highest BCUT2D eigenvalue weighted by atomic mass is 16.2. The number of carbonyl (C=O) groups excluding carboxylic acids is 2. The van der Waals surface area contributed by atoms with Gasteiger partial charge in [-0.05, 0) is 48.8 Å². The quantitative estimate of drug-likeness (QED) is 0.745. The number of rotatable bonds is 2. The van der Waals surface area contributed by atoms with Crippen LogP contribution < -0.4 is 5.32 Å². The van der Waals surface area contributed by atoms with E-state index in [1.165, 1.54) is 5.56 Å². The summed E-state index contributed by atoms with van der Waals surface area (Å²) in [5.74, 6) is 6.09. The minimum absolute atomic E-state index is 0.0672. The van der Waals surface area contributed by atoms with Gasteiger partial charge in [-0.25, -0.2) is 4.79 Å². The van der Waals surface area contributed by atoms with Gasteiger partial charge in [0.05, 0.1) is 0 Å². The first kappa shape index (κ1) is 20.6. The van der Waals surface area contributed by atoms with Crippen molar-refractivity contribution in [1.29, 1.82) is 0 Å². The van der Waals surface area contributed by atoms with E-state index in [1.54, 1.807) is 0 Å². The molecule has 2 atom stereocenters. The lowest BCUT2D eigenvalue weighted by Gasteiger charge is -2.38. The monoisotopic (exact) mass is 427 g/mol. The van der Waals surface area contributed by atoms with Crippen molar-refractivity contribution >= 4 is 11.9 Å². The minimum atomic E-state index is -0.100. The standard InChI is InChI=1S/C27H29N3O2/c31-25(12-11-21-7-3-1-4-8-21)29-16-13-27(14-17-29)15-18-30(20-27)26(32)28-24-19-23(24)22-9-5-2-6-10-22/h1-10,23-24H,13-20H2,(H,28,32). The Morgan fingerprint density at radius 2 is 1.50 bits per heavy atom. The fraction of sp³-hybridized carbons (Fsp3) is 0.407. The molecule has 5 heteroatoms. The zero-order valence-corrected chi connectivity index (χ0v) is 18.3. The number of likely N-dealkylation sites (tertiary alicyclic amines) is 2. The van der Waals surface area contributed by atoms with Gasteiger partial charge in [0.25, 0.3) is 5.91 Å². The summed E-state index contributed by atoms with van der Waals surface area (Å²) in [6.45, 7) is 3.03. The van der Waals surface area contributed by atoms with Crippen molar-refractivity contribution in [2.24, 2.45) is 5.41 Å². The van der Waals surface area contributed by atoms with Crippen LogP contribution in [0.4, 0.5) is 4.79 Å². The summed E-state index contributed by atoms with van der Waals surface area (Å²) >= 11 is 0. The predicted octanol–water partition coefficient (Wildman–Crippen LogP) is 3.62. The molecular formula is C27H29N3O2. The van der Waals surface area contributed by atoms with Gasteiger partial charge >= 0.3 is 6.03 Å². The molecule has 0 radical (unpaired) electrons. The SMILES string of the molecule is O=C(C#Cc1ccccc1)N1CCC2(CC1)CCN(C(=O)NC1CC1c1ccccc1)C2. The second kappa shape index (κ2) is 8.70. The van der Waals surface area contributed by atoms with Gasteiger partial charge in [-0.3, -0.25) is 4.79 Å². The smallest absolute Gasteiger partial charge is 0.317 e. The predicted molar refractivity (Wildman–Crippen MR) is 124 cm³/mol. The van der Waals surface area contributed by atoms with E-state index in [0.717, 1.165) is 57.4 Å². The number of hydrogen-bond acceptors (Lipinski definition) is 2. The molecule has 1 spiro atoms. The Morgan fingerprint density at radius 1 is 0.875 bits per heavy atom. The van der Waals surface area contributed by atoms with E-state index < -0.39 is 0 Å². The Morgan fingerprint density at radius 3 is 2.19 bits per heavy atom. The van der Waals surface area contributed by atoms with Gasteiger partial charge in [-0.15, -0.1) is 0 Å². The number of benzene rings is 2.